The van der Waals surface area contributed by atoms with Crippen molar-refractivity contribution in [1.29, 1.82) is 0 Å². The second-order valence-electron chi connectivity index (χ2n) is 4.45. The second-order valence-corrected chi connectivity index (χ2v) is 6.18. The summed E-state index contributed by atoms with van der Waals surface area (Å²) in [6, 6.07) is 8.55. The molecule has 0 spiro atoms. The van der Waals surface area contributed by atoms with Crippen LogP contribution in [0.4, 0.5) is 5.69 Å². The largest absolute Gasteiger partial charge is 0.467 e. The summed E-state index contributed by atoms with van der Waals surface area (Å²) in [5.74, 6) is 0. The van der Waals surface area contributed by atoms with E-state index in [1.807, 2.05) is 5.38 Å². The summed E-state index contributed by atoms with van der Waals surface area (Å²) >= 11 is 3.25. The summed E-state index contributed by atoms with van der Waals surface area (Å²) in [6.07, 6.45) is 3.92. The predicted molar refractivity (Wildman–Crippen MR) is 82.9 cm³/mol. The number of ether oxygens (including phenoxy) is 2. The molecule has 3 rings (SSSR count). The van der Waals surface area contributed by atoms with Crippen molar-refractivity contribution in [3.8, 4) is 5.19 Å². The van der Waals surface area contributed by atoms with E-state index in [2.05, 4.69) is 40.4 Å². The molecule has 1 saturated heterocycles. The highest BCUT2D eigenvalue weighted by molar-refractivity contribution is 7.98. The van der Waals surface area contributed by atoms with Crippen LogP contribution in [0.2, 0.25) is 0 Å². The summed E-state index contributed by atoms with van der Waals surface area (Å²) in [4.78, 5) is 7.60. The van der Waals surface area contributed by atoms with Gasteiger partial charge in [-0.1, -0.05) is 11.3 Å². The molecule has 2 aromatic rings. The molecule has 0 aliphatic carbocycles. The van der Waals surface area contributed by atoms with Crippen LogP contribution in [0.15, 0.2) is 40.7 Å². The van der Waals surface area contributed by atoms with Crippen LogP contribution in [-0.4, -0.2) is 37.2 Å². The number of thiazole rings is 1. The Morgan fingerprint density at radius 1 is 1.45 bits per heavy atom. The summed E-state index contributed by atoms with van der Waals surface area (Å²) in [6.45, 7) is 2.02. The first-order chi connectivity index (χ1) is 9.85. The smallest absolute Gasteiger partial charge is 0.273 e. The number of thioether (sulfide) groups is 1. The van der Waals surface area contributed by atoms with Gasteiger partial charge in [-0.05, 0) is 30.5 Å². The third kappa shape index (κ3) is 3.26. The van der Waals surface area contributed by atoms with E-state index in [1.54, 1.807) is 18.0 Å². The molecule has 20 heavy (non-hydrogen) atoms. The molecule has 1 aliphatic heterocycles. The summed E-state index contributed by atoms with van der Waals surface area (Å²) in [7, 11) is 0. The molecular formula is C14H16N2O2S2. The minimum atomic E-state index is 0.0964. The Hall–Kier alpha value is -1.24. The fourth-order valence-electron chi connectivity index (χ4n) is 2.07. The van der Waals surface area contributed by atoms with E-state index in [0.717, 1.165) is 6.54 Å². The number of rotatable bonds is 5. The molecule has 1 fully saturated rings. The number of hydrogen-bond donors (Lipinski definition) is 0. The minimum Gasteiger partial charge on any atom is -0.467 e. The molecule has 1 atom stereocenters. The van der Waals surface area contributed by atoms with Crippen molar-refractivity contribution in [2.75, 3.05) is 31.0 Å². The van der Waals surface area contributed by atoms with Crippen molar-refractivity contribution in [1.82, 2.24) is 4.98 Å². The maximum atomic E-state index is 5.75. The summed E-state index contributed by atoms with van der Waals surface area (Å²) in [5, 5.41) is 2.61. The van der Waals surface area contributed by atoms with Gasteiger partial charge in [0, 0.05) is 28.7 Å². The molecule has 0 N–H and O–H groups in total. The molecule has 4 nitrogen and oxygen atoms in total. The Balaban J connectivity index is 1.53. The third-order valence-electron chi connectivity index (χ3n) is 3.13. The highest BCUT2D eigenvalue weighted by atomic mass is 32.2. The zero-order valence-electron chi connectivity index (χ0n) is 11.2. The van der Waals surface area contributed by atoms with E-state index in [0.29, 0.717) is 18.5 Å². The van der Waals surface area contributed by atoms with Gasteiger partial charge in [0.15, 0.2) is 0 Å². The van der Waals surface area contributed by atoms with Gasteiger partial charge in [-0.25, -0.2) is 4.98 Å². The second kappa shape index (κ2) is 6.47. The van der Waals surface area contributed by atoms with Crippen LogP contribution in [-0.2, 0) is 4.74 Å². The number of aromatic nitrogens is 1. The van der Waals surface area contributed by atoms with Crippen LogP contribution in [0.1, 0.15) is 0 Å². The average Bonchev–Trinajstić information content (AvgIpc) is 3.17. The monoisotopic (exact) mass is 308 g/mol. The Kier molecular flexibility index (Phi) is 4.44. The quantitative estimate of drug-likeness (QED) is 0.793. The van der Waals surface area contributed by atoms with Crippen molar-refractivity contribution in [2.45, 2.75) is 11.0 Å². The van der Waals surface area contributed by atoms with Crippen molar-refractivity contribution in [3.05, 3.63) is 35.8 Å². The number of benzene rings is 1. The molecule has 1 aromatic carbocycles. The lowest BCUT2D eigenvalue weighted by Crippen LogP contribution is -2.25. The van der Waals surface area contributed by atoms with Gasteiger partial charge < -0.3 is 14.4 Å². The molecule has 0 radical (unpaired) electrons. The van der Waals surface area contributed by atoms with Gasteiger partial charge in [0.05, 0.1) is 0 Å². The first-order valence-corrected chi connectivity index (χ1v) is 8.48. The number of hydrogen-bond acceptors (Lipinski definition) is 6. The Bertz CT molecular complexity index is 531. The maximum absolute atomic E-state index is 5.75. The highest BCUT2D eigenvalue weighted by Crippen LogP contribution is 2.24. The van der Waals surface area contributed by atoms with E-state index in [9.17, 15) is 0 Å². The van der Waals surface area contributed by atoms with Gasteiger partial charge in [0.1, 0.15) is 19.4 Å². The Morgan fingerprint density at radius 3 is 3.00 bits per heavy atom. The lowest BCUT2D eigenvalue weighted by atomic mass is 10.3. The zero-order chi connectivity index (χ0) is 13.8. The molecule has 0 amide bonds. The van der Waals surface area contributed by atoms with Crippen molar-refractivity contribution < 1.29 is 9.47 Å². The Labute approximate surface area is 126 Å². The maximum Gasteiger partial charge on any atom is 0.273 e. The van der Waals surface area contributed by atoms with Gasteiger partial charge in [-0.2, -0.15) is 0 Å². The Morgan fingerprint density at radius 2 is 2.30 bits per heavy atom. The average molecular weight is 308 g/mol. The van der Waals surface area contributed by atoms with Crippen molar-refractivity contribution in [3.63, 3.8) is 0 Å². The molecule has 1 aromatic heterocycles. The lowest BCUT2D eigenvalue weighted by Gasteiger charge is -2.16. The molecule has 6 heteroatoms. The third-order valence-corrected chi connectivity index (χ3v) is 4.56. The molecule has 106 valence electrons. The normalized spacial score (nSPS) is 18.4. The number of nitrogens with zero attached hydrogens (tertiary/aromatic N) is 2. The molecule has 0 unspecified atom stereocenters. The van der Waals surface area contributed by atoms with E-state index in [1.165, 1.54) is 21.9 Å². The molecule has 1 aliphatic rings. The molecular weight excluding hydrogens is 292 g/mol. The SMILES string of the molecule is CSc1ccc(N2CO[C@@H](COc3nccs3)C2)cc1. The first kappa shape index (κ1) is 13.7. The summed E-state index contributed by atoms with van der Waals surface area (Å²) in [5.41, 5.74) is 1.19. The zero-order valence-corrected chi connectivity index (χ0v) is 12.8. The van der Waals surface area contributed by atoms with Gasteiger partial charge in [-0.15, -0.1) is 11.8 Å². The number of anilines is 1. The van der Waals surface area contributed by atoms with Gasteiger partial charge >= 0.3 is 0 Å². The fourth-order valence-corrected chi connectivity index (χ4v) is 2.97. The highest BCUT2D eigenvalue weighted by Gasteiger charge is 2.24. The van der Waals surface area contributed by atoms with E-state index >= 15 is 0 Å². The van der Waals surface area contributed by atoms with Crippen LogP contribution < -0.4 is 9.64 Å². The molecule has 0 bridgehead atoms. The van der Waals surface area contributed by atoms with Crippen molar-refractivity contribution >= 4 is 28.8 Å². The van der Waals surface area contributed by atoms with Crippen LogP contribution in [0.3, 0.4) is 0 Å². The summed E-state index contributed by atoms with van der Waals surface area (Å²) < 4.78 is 11.4. The fraction of sp³-hybridized carbons (Fsp3) is 0.357. The van der Waals surface area contributed by atoms with E-state index in [-0.39, 0.29) is 6.10 Å². The van der Waals surface area contributed by atoms with Crippen LogP contribution in [0.5, 0.6) is 5.19 Å². The van der Waals surface area contributed by atoms with Crippen LogP contribution in [0, 0.1) is 0 Å². The van der Waals surface area contributed by atoms with Crippen LogP contribution >= 0.6 is 23.1 Å². The molecule has 0 saturated carbocycles. The van der Waals surface area contributed by atoms with E-state index < -0.39 is 0 Å². The van der Waals surface area contributed by atoms with Crippen molar-refractivity contribution in [2.24, 2.45) is 0 Å². The minimum absolute atomic E-state index is 0.0964. The van der Waals surface area contributed by atoms with Gasteiger partial charge in [0.25, 0.3) is 5.19 Å². The van der Waals surface area contributed by atoms with E-state index in [4.69, 9.17) is 9.47 Å². The van der Waals surface area contributed by atoms with Crippen LogP contribution in [0.25, 0.3) is 0 Å². The standard InChI is InChI=1S/C14H16N2O2S2/c1-19-13-4-2-11(3-5-13)16-8-12(18-10-16)9-17-14-15-6-7-20-14/h2-7,12H,8-10H2,1H3/t12-/m1/s1. The first-order valence-electron chi connectivity index (χ1n) is 6.38. The lowest BCUT2D eigenvalue weighted by molar-refractivity contribution is 0.0732. The topological polar surface area (TPSA) is 34.6 Å². The molecule has 2 heterocycles. The van der Waals surface area contributed by atoms with Gasteiger partial charge in [-0.3, -0.25) is 0 Å². The predicted octanol–water partition coefficient (Wildman–Crippen LogP) is 3.11. The van der Waals surface area contributed by atoms with Gasteiger partial charge in [0.2, 0.25) is 0 Å².